The van der Waals surface area contributed by atoms with E-state index in [-0.39, 0.29) is 10.2 Å². The van der Waals surface area contributed by atoms with Gasteiger partial charge in [-0.3, -0.25) is 0 Å². The zero-order valence-electron chi connectivity index (χ0n) is 8.65. The Morgan fingerprint density at radius 3 is 2.33 bits per heavy atom. The van der Waals surface area contributed by atoms with Crippen molar-refractivity contribution in [3.63, 3.8) is 0 Å². The van der Waals surface area contributed by atoms with E-state index in [9.17, 15) is 8.78 Å². The molecule has 0 unspecified atom stereocenters. The van der Waals surface area contributed by atoms with E-state index in [1.807, 2.05) is 0 Å². The summed E-state index contributed by atoms with van der Waals surface area (Å²) < 4.78 is 28.4. The molecule has 2 aromatic rings. The molecule has 0 fully saturated rings. The van der Waals surface area contributed by atoms with Gasteiger partial charge in [-0.25, -0.2) is 13.8 Å². The normalized spacial score (nSPS) is 10.5. The molecule has 1 aromatic heterocycles. The zero-order valence-corrected chi connectivity index (χ0v) is 13.4. The van der Waals surface area contributed by atoms with Crippen LogP contribution in [0.25, 0.3) is 0 Å². The maximum Gasteiger partial charge on any atom is 0.148 e. The van der Waals surface area contributed by atoms with Crippen LogP contribution in [0.5, 0.6) is 0 Å². The van der Waals surface area contributed by atoms with E-state index in [2.05, 4.69) is 58.1 Å². The van der Waals surface area contributed by atoms with Gasteiger partial charge in [-0.15, -0.1) is 0 Å². The molecule has 1 N–H and O–H groups in total. The Hall–Kier alpha value is -0.530. The first-order chi connectivity index (χ1) is 8.47. The van der Waals surface area contributed by atoms with Crippen molar-refractivity contribution in [1.29, 1.82) is 0 Å². The van der Waals surface area contributed by atoms with E-state index in [1.165, 1.54) is 0 Å². The minimum absolute atomic E-state index is 0.0197. The number of rotatable bonds is 2. The monoisotopic (exact) mass is 440 g/mol. The van der Waals surface area contributed by atoms with Gasteiger partial charge in [0, 0.05) is 16.7 Å². The summed E-state index contributed by atoms with van der Waals surface area (Å²) in [6.45, 7) is 0. The second-order valence-corrected chi connectivity index (χ2v) is 5.98. The van der Waals surface area contributed by atoms with Crippen LogP contribution >= 0.6 is 47.8 Å². The molecule has 0 aliphatic carbocycles. The van der Waals surface area contributed by atoms with E-state index in [4.69, 9.17) is 0 Å². The highest BCUT2D eigenvalue weighted by atomic mass is 79.9. The molecule has 0 aliphatic heterocycles. The average Bonchev–Trinajstić information content (AvgIpc) is 2.29. The fraction of sp³-hybridized carbons (Fsp3) is 0. The van der Waals surface area contributed by atoms with Crippen LogP contribution in [0.2, 0.25) is 0 Å². The van der Waals surface area contributed by atoms with Gasteiger partial charge in [0.15, 0.2) is 0 Å². The highest BCUT2D eigenvalue weighted by Crippen LogP contribution is 2.29. The summed E-state index contributed by atoms with van der Waals surface area (Å²) in [6.07, 6.45) is 1.56. The predicted octanol–water partition coefficient (Wildman–Crippen LogP) is 5.39. The summed E-state index contributed by atoms with van der Waals surface area (Å²) in [4.78, 5) is 4.06. The number of benzene rings is 1. The van der Waals surface area contributed by atoms with Gasteiger partial charge in [0.2, 0.25) is 0 Å². The van der Waals surface area contributed by atoms with E-state index >= 15 is 0 Å². The first kappa shape index (κ1) is 13.9. The number of nitrogens with zero attached hydrogens (tertiary/aromatic N) is 1. The SMILES string of the molecule is Fc1cc(Nc2ncc(Br)cc2Br)c(F)cc1Br. The third-order valence-electron chi connectivity index (χ3n) is 2.07. The molecule has 0 saturated heterocycles. The number of hydrogen-bond acceptors (Lipinski definition) is 2. The predicted molar refractivity (Wildman–Crippen MR) is 77.0 cm³/mol. The Kier molecular flexibility index (Phi) is 4.34. The lowest BCUT2D eigenvalue weighted by Crippen LogP contribution is -1.98. The van der Waals surface area contributed by atoms with Crippen molar-refractivity contribution in [3.8, 4) is 0 Å². The van der Waals surface area contributed by atoms with Crippen molar-refractivity contribution in [1.82, 2.24) is 4.98 Å². The van der Waals surface area contributed by atoms with Gasteiger partial charge >= 0.3 is 0 Å². The molecule has 7 heteroatoms. The van der Waals surface area contributed by atoms with Crippen LogP contribution in [0, 0.1) is 11.6 Å². The molecule has 0 amide bonds. The number of nitrogens with one attached hydrogen (secondary N) is 1. The molecule has 94 valence electrons. The van der Waals surface area contributed by atoms with Crippen molar-refractivity contribution in [3.05, 3.63) is 49.4 Å². The van der Waals surface area contributed by atoms with Crippen molar-refractivity contribution < 1.29 is 8.78 Å². The van der Waals surface area contributed by atoms with Gasteiger partial charge in [0.1, 0.15) is 17.5 Å². The van der Waals surface area contributed by atoms with Gasteiger partial charge in [0.05, 0.1) is 14.6 Å². The van der Waals surface area contributed by atoms with Crippen LogP contribution in [-0.4, -0.2) is 4.98 Å². The quantitative estimate of drug-likeness (QED) is 0.631. The van der Waals surface area contributed by atoms with Crippen LogP contribution in [-0.2, 0) is 0 Å². The molecule has 1 aromatic carbocycles. The van der Waals surface area contributed by atoms with E-state index in [0.717, 1.165) is 16.6 Å². The Balaban J connectivity index is 2.37. The molecule has 0 spiro atoms. The molecule has 0 saturated carbocycles. The Bertz CT molecular complexity index is 605. The van der Waals surface area contributed by atoms with Gasteiger partial charge in [-0.1, -0.05) is 0 Å². The van der Waals surface area contributed by atoms with Crippen LogP contribution in [0.15, 0.2) is 37.8 Å². The standard InChI is InChI=1S/C11H5Br3F2N2/c12-5-1-7(14)11(17-4-5)18-10-3-8(15)6(13)2-9(10)16/h1-4H,(H,17,18). The number of halogens is 5. The largest absolute Gasteiger partial charge is 0.337 e. The van der Waals surface area contributed by atoms with Gasteiger partial charge in [-0.2, -0.15) is 0 Å². The van der Waals surface area contributed by atoms with E-state index < -0.39 is 11.6 Å². The van der Waals surface area contributed by atoms with Gasteiger partial charge in [0.25, 0.3) is 0 Å². The summed E-state index contributed by atoms with van der Waals surface area (Å²) >= 11 is 9.45. The molecule has 18 heavy (non-hydrogen) atoms. The summed E-state index contributed by atoms with van der Waals surface area (Å²) in [7, 11) is 0. The van der Waals surface area contributed by atoms with Crippen molar-refractivity contribution in [2.24, 2.45) is 0 Å². The van der Waals surface area contributed by atoms with E-state index in [1.54, 1.807) is 12.3 Å². The maximum atomic E-state index is 13.6. The molecule has 1 heterocycles. The number of pyridine rings is 1. The second-order valence-electron chi connectivity index (χ2n) is 3.36. The maximum absolute atomic E-state index is 13.6. The number of hydrogen-bond donors (Lipinski definition) is 1. The minimum atomic E-state index is -0.570. The third kappa shape index (κ3) is 3.07. The Labute approximate surface area is 127 Å². The number of anilines is 2. The summed E-state index contributed by atoms with van der Waals surface area (Å²) in [6, 6.07) is 3.88. The molecule has 0 bridgehead atoms. The van der Waals surface area contributed by atoms with Crippen molar-refractivity contribution in [2.75, 3.05) is 5.32 Å². The molecule has 0 radical (unpaired) electrons. The first-order valence-corrected chi connectivity index (χ1v) is 7.08. The average molecular weight is 443 g/mol. The molecule has 0 aliphatic rings. The van der Waals surface area contributed by atoms with Crippen LogP contribution in [0.3, 0.4) is 0 Å². The fourth-order valence-electron chi connectivity index (χ4n) is 1.25. The highest BCUT2D eigenvalue weighted by Gasteiger charge is 2.10. The topological polar surface area (TPSA) is 24.9 Å². The summed E-state index contributed by atoms with van der Waals surface area (Å²) in [5, 5.41) is 2.72. The minimum Gasteiger partial charge on any atom is -0.337 e. The smallest absolute Gasteiger partial charge is 0.148 e. The van der Waals surface area contributed by atoms with Crippen molar-refractivity contribution in [2.45, 2.75) is 0 Å². The number of aromatic nitrogens is 1. The second kappa shape index (κ2) is 5.63. The molecule has 2 nitrogen and oxygen atoms in total. The van der Waals surface area contributed by atoms with Crippen LogP contribution in [0.1, 0.15) is 0 Å². The van der Waals surface area contributed by atoms with Gasteiger partial charge in [-0.05, 0) is 59.9 Å². The Morgan fingerprint density at radius 1 is 0.944 bits per heavy atom. The lowest BCUT2D eigenvalue weighted by molar-refractivity contribution is 0.597. The van der Waals surface area contributed by atoms with Gasteiger partial charge < -0.3 is 5.32 Å². The third-order valence-corrected chi connectivity index (χ3v) is 3.72. The lowest BCUT2D eigenvalue weighted by Gasteiger charge is -2.09. The molecular weight excluding hydrogens is 438 g/mol. The molecule has 0 atom stereocenters. The molecular formula is C11H5Br3F2N2. The van der Waals surface area contributed by atoms with Crippen LogP contribution in [0.4, 0.5) is 20.3 Å². The lowest BCUT2D eigenvalue weighted by atomic mass is 10.3. The van der Waals surface area contributed by atoms with Crippen LogP contribution < -0.4 is 5.32 Å². The Morgan fingerprint density at radius 2 is 1.67 bits per heavy atom. The zero-order chi connectivity index (χ0) is 13.3. The van der Waals surface area contributed by atoms with E-state index in [0.29, 0.717) is 10.3 Å². The highest BCUT2D eigenvalue weighted by molar-refractivity contribution is 9.11. The molecule has 2 rings (SSSR count). The van der Waals surface area contributed by atoms with Crippen molar-refractivity contribution >= 4 is 59.3 Å². The first-order valence-electron chi connectivity index (χ1n) is 4.70. The summed E-state index contributed by atoms with van der Waals surface area (Å²) in [5.74, 6) is -0.717. The summed E-state index contributed by atoms with van der Waals surface area (Å²) in [5.41, 5.74) is 0.0197. The fourth-order valence-corrected chi connectivity index (χ4v) is 2.65.